The molecule has 0 spiro atoms. The van der Waals surface area contributed by atoms with Crippen LogP contribution in [0.5, 0.6) is 0 Å². The molecule has 8 nitrogen and oxygen atoms in total. The Kier molecular flexibility index (Phi) is 15.5. The lowest BCUT2D eigenvalue weighted by Gasteiger charge is -2.32. The van der Waals surface area contributed by atoms with Crippen molar-refractivity contribution in [3.05, 3.63) is 0 Å². The number of methoxy groups -OCH3 is 1. The van der Waals surface area contributed by atoms with E-state index in [4.69, 9.17) is 14.2 Å². The van der Waals surface area contributed by atoms with Crippen molar-refractivity contribution in [2.75, 3.05) is 7.11 Å². The first-order valence-electron chi connectivity index (χ1n) is 13.0. The predicted molar refractivity (Wildman–Crippen MR) is 134 cm³/mol. The Bertz CT molecular complexity index is 667. The summed E-state index contributed by atoms with van der Waals surface area (Å²) >= 11 is 0. The van der Waals surface area contributed by atoms with E-state index >= 15 is 0 Å². The molecule has 0 saturated carbocycles. The molecule has 0 fully saturated rings. The molecule has 8 heteroatoms. The number of carbonyl (C=O) groups excluding carboxylic acids is 3. The highest BCUT2D eigenvalue weighted by molar-refractivity contribution is 5.99. The Morgan fingerprint density at radius 2 is 1.46 bits per heavy atom. The van der Waals surface area contributed by atoms with Crippen LogP contribution < -0.4 is 0 Å². The summed E-state index contributed by atoms with van der Waals surface area (Å²) in [7, 11) is 1.35. The van der Waals surface area contributed by atoms with E-state index < -0.39 is 23.0 Å². The number of hydrogen-bond acceptors (Lipinski definition) is 7. The molecule has 0 bridgehead atoms. The third-order valence-electron chi connectivity index (χ3n) is 6.08. The number of ether oxygens (including phenoxy) is 3. The summed E-state index contributed by atoms with van der Waals surface area (Å²) in [6.45, 7) is 10.6. The van der Waals surface area contributed by atoms with Gasteiger partial charge in [-0.3, -0.25) is 19.2 Å². The maximum atomic E-state index is 13.1. The van der Waals surface area contributed by atoms with Crippen molar-refractivity contribution < 1.29 is 38.5 Å². The second-order valence-electron chi connectivity index (χ2n) is 10.6. The quantitative estimate of drug-likeness (QED) is 0.108. The zero-order valence-corrected chi connectivity index (χ0v) is 22.9. The summed E-state index contributed by atoms with van der Waals surface area (Å²) in [5.74, 6) is -2.44. The van der Waals surface area contributed by atoms with Gasteiger partial charge in [0.2, 0.25) is 0 Å². The third-order valence-corrected chi connectivity index (χ3v) is 6.08. The predicted octanol–water partition coefficient (Wildman–Crippen LogP) is 5.84. The topological polar surface area (TPSA) is 116 Å². The molecule has 0 amide bonds. The average Bonchev–Trinajstić information content (AvgIpc) is 2.73. The lowest BCUT2D eigenvalue weighted by molar-refractivity contribution is -0.178. The van der Waals surface area contributed by atoms with Crippen LogP contribution in [0, 0.1) is 11.3 Å². The number of carboxylic acids is 1. The minimum absolute atomic E-state index is 0.107. The smallest absolute Gasteiger partial charge is 0.323 e. The van der Waals surface area contributed by atoms with Crippen LogP contribution in [-0.2, 0) is 33.4 Å². The van der Waals surface area contributed by atoms with Gasteiger partial charge in [-0.25, -0.2) is 0 Å². The fourth-order valence-electron chi connectivity index (χ4n) is 4.15. The molecule has 0 radical (unpaired) electrons. The first-order valence-corrected chi connectivity index (χ1v) is 13.0. The molecule has 0 aromatic rings. The Labute approximate surface area is 211 Å². The van der Waals surface area contributed by atoms with Crippen LogP contribution in [0.25, 0.3) is 0 Å². The number of carbonyl (C=O) groups is 4. The fraction of sp³-hybridized carbons (Fsp3) is 0.852. The summed E-state index contributed by atoms with van der Waals surface area (Å²) in [4.78, 5) is 48.6. The molecule has 3 unspecified atom stereocenters. The molecule has 0 aliphatic heterocycles. The standard InChI is InChI=1S/C27H48O8/c1-8-9-10-15-22(34-21(3)28)16-13-18-27(24(30)31,25(32)35-26(4,5)6)17-12-11-14-20(2)19-23(29)33-7/h20,22H,8-19H2,1-7H3,(H,30,31). The van der Waals surface area contributed by atoms with Crippen LogP contribution in [0.2, 0.25) is 0 Å². The van der Waals surface area contributed by atoms with E-state index in [0.29, 0.717) is 32.1 Å². The van der Waals surface area contributed by atoms with E-state index in [9.17, 15) is 24.3 Å². The molecule has 0 rings (SSSR count). The van der Waals surface area contributed by atoms with Crippen LogP contribution in [0.15, 0.2) is 0 Å². The van der Waals surface area contributed by atoms with Crippen molar-refractivity contribution in [3.8, 4) is 0 Å². The zero-order chi connectivity index (χ0) is 27.1. The van der Waals surface area contributed by atoms with Gasteiger partial charge in [0.25, 0.3) is 0 Å². The van der Waals surface area contributed by atoms with E-state index in [1.807, 2.05) is 6.92 Å². The van der Waals surface area contributed by atoms with Gasteiger partial charge in [0.1, 0.15) is 11.7 Å². The summed E-state index contributed by atoms with van der Waals surface area (Å²) in [6, 6.07) is 0. The molecule has 0 heterocycles. The van der Waals surface area contributed by atoms with E-state index in [1.165, 1.54) is 14.0 Å². The number of carboxylic acid groups (broad SMARTS) is 1. The third kappa shape index (κ3) is 14.1. The Balaban J connectivity index is 5.35. The highest BCUT2D eigenvalue weighted by Gasteiger charge is 2.48. The number of unbranched alkanes of at least 4 members (excludes halogenated alkanes) is 3. The van der Waals surface area contributed by atoms with Gasteiger partial charge in [-0.15, -0.1) is 0 Å². The Morgan fingerprint density at radius 3 is 1.97 bits per heavy atom. The highest BCUT2D eigenvalue weighted by Crippen LogP contribution is 2.36. The maximum absolute atomic E-state index is 13.1. The van der Waals surface area contributed by atoms with Crippen LogP contribution in [0.4, 0.5) is 0 Å². The Morgan fingerprint density at radius 1 is 0.886 bits per heavy atom. The van der Waals surface area contributed by atoms with Crippen LogP contribution in [-0.4, -0.2) is 47.8 Å². The van der Waals surface area contributed by atoms with Crippen molar-refractivity contribution in [1.29, 1.82) is 0 Å². The van der Waals surface area contributed by atoms with Gasteiger partial charge in [-0.1, -0.05) is 46.0 Å². The lowest BCUT2D eigenvalue weighted by Crippen LogP contribution is -2.44. The molecule has 1 N–H and O–H groups in total. The van der Waals surface area contributed by atoms with Gasteiger partial charge in [-0.2, -0.15) is 0 Å². The monoisotopic (exact) mass is 500 g/mol. The second-order valence-corrected chi connectivity index (χ2v) is 10.6. The molecule has 0 aromatic heterocycles. The summed E-state index contributed by atoms with van der Waals surface area (Å²) in [5, 5.41) is 10.2. The summed E-state index contributed by atoms with van der Waals surface area (Å²) < 4.78 is 15.7. The molecule has 0 aromatic carbocycles. The van der Waals surface area contributed by atoms with Gasteiger partial charge in [0.15, 0.2) is 5.41 Å². The number of esters is 3. The van der Waals surface area contributed by atoms with Crippen molar-refractivity contribution in [1.82, 2.24) is 0 Å². The zero-order valence-electron chi connectivity index (χ0n) is 22.9. The summed E-state index contributed by atoms with van der Waals surface area (Å²) in [6.07, 6.45) is 6.85. The van der Waals surface area contributed by atoms with Gasteiger partial charge >= 0.3 is 23.9 Å². The normalized spacial score (nSPS) is 14.9. The molecule has 0 aliphatic carbocycles. The van der Waals surface area contributed by atoms with Crippen molar-refractivity contribution in [2.45, 2.75) is 130 Å². The maximum Gasteiger partial charge on any atom is 0.323 e. The first kappa shape index (κ1) is 32.9. The van der Waals surface area contributed by atoms with E-state index in [2.05, 4.69) is 6.92 Å². The molecular formula is C27H48O8. The van der Waals surface area contributed by atoms with E-state index in [1.54, 1.807) is 20.8 Å². The SMILES string of the molecule is CCCCCC(CCCC(CCCCC(C)CC(=O)OC)(C(=O)O)C(=O)OC(C)(C)C)OC(C)=O. The molecule has 0 saturated heterocycles. The number of rotatable bonds is 18. The van der Waals surface area contributed by atoms with E-state index in [-0.39, 0.29) is 36.8 Å². The lowest BCUT2D eigenvalue weighted by atomic mass is 9.77. The highest BCUT2D eigenvalue weighted by atomic mass is 16.6. The minimum Gasteiger partial charge on any atom is -0.480 e. The largest absolute Gasteiger partial charge is 0.480 e. The Hall–Kier alpha value is -2.12. The molecule has 204 valence electrons. The molecule has 35 heavy (non-hydrogen) atoms. The van der Waals surface area contributed by atoms with E-state index in [0.717, 1.165) is 32.1 Å². The van der Waals surface area contributed by atoms with Crippen LogP contribution in [0.3, 0.4) is 0 Å². The molecule has 3 atom stereocenters. The average molecular weight is 501 g/mol. The van der Waals surface area contributed by atoms with Crippen LogP contribution in [0.1, 0.15) is 119 Å². The fourth-order valence-corrected chi connectivity index (χ4v) is 4.15. The molecular weight excluding hydrogens is 452 g/mol. The van der Waals surface area contributed by atoms with Gasteiger partial charge in [-0.05, 0) is 65.2 Å². The number of aliphatic carboxylic acids is 1. The second kappa shape index (κ2) is 16.5. The minimum atomic E-state index is -1.66. The number of hydrogen-bond donors (Lipinski definition) is 1. The summed E-state index contributed by atoms with van der Waals surface area (Å²) in [5.41, 5.74) is -2.48. The van der Waals surface area contributed by atoms with Gasteiger partial charge < -0.3 is 19.3 Å². The first-order chi connectivity index (χ1) is 16.3. The van der Waals surface area contributed by atoms with Crippen molar-refractivity contribution >= 4 is 23.9 Å². The molecule has 0 aliphatic rings. The van der Waals surface area contributed by atoms with Gasteiger partial charge in [0, 0.05) is 13.3 Å². The van der Waals surface area contributed by atoms with Crippen molar-refractivity contribution in [2.24, 2.45) is 11.3 Å². The van der Waals surface area contributed by atoms with Crippen LogP contribution >= 0.6 is 0 Å². The van der Waals surface area contributed by atoms with Gasteiger partial charge in [0.05, 0.1) is 7.11 Å². The van der Waals surface area contributed by atoms with Crippen molar-refractivity contribution in [3.63, 3.8) is 0 Å².